The SMILES string of the molecule is CC(C)c1[nH]n(-c2cccc(O)c2)c(=O)c1CCO. The molecule has 0 aliphatic heterocycles. The third-order valence-electron chi connectivity index (χ3n) is 3.05. The molecule has 3 N–H and O–H groups in total. The average Bonchev–Trinajstić information content (AvgIpc) is 2.68. The first-order valence-electron chi connectivity index (χ1n) is 6.28. The van der Waals surface area contributed by atoms with Crippen molar-refractivity contribution in [3.05, 3.63) is 45.9 Å². The number of hydrogen-bond donors (Lipinski definition) is 3. The summed E-state index contributed by atoms with van der Waals surface area (Å²) in [6, 6.07) is 6.49. The van der Waals surface area contributed by atoms with Crippen LogP contribution in [-0.2, 0) is 6.42 Å². The fraction of sp³-hybridized carbons (Fsp3) is 0.357. The van der Waals surface area contributed by atoms with Gasteiger partial charge in [0.25, 0.3) is 5.56 Å². The Morgan fingerprint density at radius 3 is 2.68 bits per heavy atom. The van der Waals surface area contributed by atoms with E-state index in [9.17, 15) is 9.90 Å². The van der Waals surface area contributed by atoms with E-state index in [1.54, 1.807) is 18.2 Å². The summed E-state index contributed by atoms with van der Waals surface area (Å²) in [5.41, 5.74) is 1.82. The minimum atomic E-state index is -0.177. The lowest BCUT2D eigenvalue weighted by atomic mass is 10.0. The van der Waals surface area contributed by atoms with Crippen molar-refractivity contribution in [2.75, 3.05) is 6.61 Å². The molecule has 0 unspecified atom stereocenters. The minimum absolute atomic E-state index is 0.0626. The van der Waals surface area contributed by atoms with Gasteiger partial charge in [0.15, 0.2) is 0 Å². The predicted octanol–water partition coefficient (Wildman–Crippen LogP) is 1.53. The Bertz CT molecular complexity index is 626. The number of benzene rings is 1. The van der Waals surface area contributed by atoms with Gasteiger partial charge in [0.2, 0.25) is 0 Å². The van der Waals surface area contributed by atoms with Crippen LogP contribution in [0.4, 0.5) is 0 Å². The molecule has 0 amide bonds. The number of rotatable bonds is 4. The Kier molecular flexibility index (Phi) is 3.76. The highest BCUT2D eigenvalue weighted by Crippen LogP contribution is 2.18. The average molecular weight is 262 g/mol. The van der Waals surface area contributed by atoms with E-state index in [0.717, 1.165) is 5.69 Å². The molecule has 2 aromatic rings. The number of aromatic amines is 1. The molecule has 0 bridgehead atoms. The van der Waals surface area contributed by atoms with Crippen LogP contribution >= 0.6 is 0 Å². The van der Waals surface area contributed by atoms with Crippen molar-refractivity contribution in [1.29, 1.82) is 0 Å². The number of phenols is 1. The highest BCUT2D eigenvalue weighted by atomic mass is 16.3. The van der Waals surface area contributed by atoms with Crippen molar-refractivity contribution >= 4 is 0 Å². The van der Waals surface area contributed by atoms with Crippen molar-refractivity contribution in [2.45, 2.75) is 26.2 Å². The number of aromatic hydroxyl groups is 1. The van der Waals surface area contributed by atoms with E-state index in [0.29, 0.717) is 17.7 Å². The summed E-state index contributed by atoms with van der Waals surface area (Å²) in [5, 5.41) is 21.6. The summed E-state index contributed by atoms with van der Waals surface area (Å²) in [5.74, 6) is 0.265. The summed E-state index contributed by atoms with van der Waals surface area (Å²) in [6.07, 6.45) is 0.328. The van der Waals surface area contributed by atoms with Crippen LogP contribution in [0.15, 0.2) is 29.1 Å². The van der Waals surface area contributed by atoms with Crippen LogP contribution in [0.1, 0.15) is 31.0 Å². The quantitative estimate of drug-likeness (QED) is 0.782. The molecule has 19 heavy (non-hydrogen) atoms. The molecule has 0 saturated heterocycles. The standard InChI is InChI=1S/C14H18N2O3/c1-9(2)13-12(6-7-17)14(19)16(15-13)10-4-3-5-11(18)8-10/h3-5,8-9,15,17-18H,6-7H2,1-2H3. The highest BCUT2D eigenvalue weighted by molar-refractivity contribution is 5.39. The van der Waals surface area contributed by atoms with Crippen molar-refractivity contribution in [3.63, 3.8) is 0 Å². The number of phenolic OH excluding ortho intramolecular Hbond substituents is 1. The van der Waals surface area contributed by atoms with E-state index < -0.39 is 0 Å². The Morgan fingerprint density at radius 2 is 2.11 bits per heavy atom. The van der Waals surface area contributed by atoms with E-state index in [-0.39, 0.29) is 23.8 Å². The van der Waals surface area contributed by atoms with Gasteiger partial charge in [0.05, 0.1) is 5.69 Å². The largest absolute Gasteiger partial charge is 0.508 e. The molecule has 0 radical (unpaired) electrons. The topological polar surface area (TPSA) is 78.2 Å². The number of aliphatic hydroxyl groups excluding tert-OH is 1. The molecular weight excluding hydrogens is 244 g/mol. The number of nitrogens with one attached hydrogen (secondary N) is 1. The van der Waals surface area contributed by atoms with E-state index in [1.165, 1.54) is 10.7 Å². The first-order valence-corrected chi connectivity index (χ1v) is 6.28. The second-order valence-corrected chi connectivity index (χ2v) is 4.79. The second kappa shape index (κ2) is 5.32. The van der Waals surface area contributed by atoms with Gasteiger partial charge in [0.1, 0.15) is 5.75 Å². The van der Waals surface area contributed by atoms with Gasteiger partial charge in [-0.3, -0.25) is 9.89 Å². The number of aliphatic hydroxyl groups is 1. The Labute approximate surface area is 111 Å². The Hall–Kier alpha value is -2.01. The highest BCUT2D eigenvalue weighted by Gasteiger charge is 2.17. The lowest BCUT2D eigenvalue weighted by molar-refractivity contribution is 0.299. The second-order valence-electron chi connectivity index (χ2n) is 4.79. The lowest BCUT2D eigenvalue weighted by Gasteiger charge is -2.04. The summed E-state index contributed by atoms with van der Waals surface area (Å²) in [6.45, 7) is 3.91. The van der Waals surface area contributed by atoms with Crippen LogP contribution < -0.4 is 5.56 Å². The van der Waals surface area contributed by atoms with Crippen LogP contribution in [0.3, 0.4) is 0 Å². The summed E-state index contributed by atoms with van der Waals surface area (Å²) in [7, 11) is 0. The molecule has 1 aromatic carbocycles. The molecular formula is C14H18N2O3. The van der Waals surface area contributed by atoms with Crippen LogP contribution in [-0.4, -0.2) is 26.6 Å². The zero-order valence-electron chi connectivity index (χ0n) is 11.1. The normalized spacial score (nSPS) is 11.2. The molecule has 0 saturated carbocycles. The maximum atomic E-state index is 12.3. The predicted molar refractivity (Wildman–Crippen MR) is 72.9 cm³/mol. The van der Waals surface area contributed by atoms with Gasteiger partial charge in [-0.25, -0.2) is 4.68 Å². The Morgan fingerprint density at radius 1 is 1.37 bits per heavy atom. The van der Waals surface area contributed by atoms with Crippen LogP contribution in [0.25, 0.3) is 5.69 Å². The third kappa shape index (κ3) is 2.56. The molecule has 0 atom stereocenters. The third-order valence-corrected chi connectivity index (χ3v) is 3.05. The molecule has 5 heteroatoms. The van der Waals surface area contributed by atoms with Crippen LogP contribution in [0.5, 0.6) is 5.75 Å². The summed E-state index contributed by atoms with van der Waals surface area (Å²) < 4.78 is 1.40. The van der Waals surface area contributed by atoms with E-state index >= 15 is 0 Å². The maximum absolute atomic E-state index is 12.3. The molecule has 0 fully saturated rings. The molecule has 1 heterocycles. The lowest BCUT2D eigenvalue weighted by Crippen LogP contribution is -2.18. The maximum Gasteiger partial charge on any atom is 0.274 e. The summed E-state index contributed by atoms with van der Waals surface area (Å²) >= 11 is 0. The Balaban J connectivity index is 2.59. The van der Waals surface area contributed by atoms with Crippen molar-refractivity contribution in [2.24, 2.45) is 0 Å². The van der Waals surface area contributed by atoms with Gasteiger partial charge in [-0.1, -0.05) is 19.9 Å². The summed E-state index contributed by atoms with van der Waals surface area (Å²) in [4.78, 5) is 12.3. The number of nitrogens with zero attached hydrogens (tertiary/aromatic N) is 1. The first kappa shape index (κ1) is 13.4. The fourth-order valence-corrected chi connectivity index (χ4v) is 2.13. The van der Waals surface area contributed by atoms with Gasteiger partial charge in [0, 0.05) is 30.4 Å². The van der Waals surface area contributed by atoms with E-state index in [4.69, 9.17) is 5.11 Å². The first-order chi connectivity index (χ1) is 9.04. The van der Waals surface area contributed by atoms with E-state index in [1.807, 2.05) is 13.8 Å². The van der Waals surface area contributed by atoms with Gasteiger partial charge in [-0.2, -0.15) is 0 Å². The smallest absolute Gasteiger partial charge is 0.274 e. The van der Waals surface area contributed by atoms with E-state index in [2.05, 4.69) is 5.10 Å². The molecule has 0 aliphatic rings. The zero-order chi connectivity index (χ0) is 14.0. The van der Waals surface area contributed by atoms with Gasteiger partial charge in [-0.15, -0.1) is 0 Å². The van der Waals surface area contributed by atoms with Gasteiger partial charge in [-0.05, 0) is 18.1 Å². The monoisotopic (exact) mass is 262 g/mol. The van der Waals surface area contributed by atoms with Crippen molar-refractivity contribution in [3.8, 4) is 11.4 Å². The zero-order valence-corrected chi connectivity index (χ0v) is 11.1. The molecule has 102 valence electrons. The molecule has 5 nitrogen and oxygen atoms in total. The fourth-order valence-electron chi connectivity index (χ4n) is 2.13. The number of aromatic nitrogens is 2. The number of hydrogen-bond acceptors (Lipinski definition) is 3. The van der Waals surface area contributed by atoms with Gasteiger partial charge >= 0.3 is 0 Å². The van der Waals surface area contributed by atoms with Crippen molar-refractivity contribution in [1.82, 2.24) is 9.78 Å². The van der Waals surface area contributed by atoms with Gasteiger partial charge < -0.3 is 10.2 Å². The minimum Gasteiger partial charge on any atom is -0.508 e. The molecule has 0 spiro atoms. The van der Waals surface area contributed by atoms with Crippen LogP contribution in [0.2, 0.25) is 0 Å². The molecule has 0 aliphatic carbocycles. The van der Waals surface area contributed by atoms with Crippen LogP contribution in [0, 0.1) is 0 Å². The molecule has 1 aromatic heterocycles. The van der Waals surface area contributed by atoms with Crippen molar-refractivity contribution < 1.29 is 10.2 Å². The molecule has 2 rings (SSSR count). The number of H-pyrrole nitrogens is 1.